The molecule has 0 saturated carbocycles. The van der Waals surface area contributed by atoms with Crippen LogP contribution in [0.2, 0.25) is 0 Å². The molecule has 4 nitrogen and oxygen atoms in total. The third kappa shape index (κ3) is 8.25. The molecule has 0 bridgehead atoms. The maximum absolute atomic E-state index is 5.59. The molecule has 0 aliphatic carbocycles. The molecule has 12 rings (SSSR count). The highest BCUT2D eigenvalue weighted by Crippen LogP contribution is 2.44. The first kappa shape index (κ1) is 42.0. The number of rotatable bonds is 10. The molecular weight excluding hydrogens is 849 g/mol. The van der Waals surface area contributed by atoms with E-state index in [9.17, 15) is 0 Å². The molecule has 12 aromatic rings. The molecule has 0 amide bonds. The number of nitrogens with zero attached hydrogens (tertiary/aromatic N) is 4. The predicted octanol–water partition coefficient (Wildman–Crippen LogP) is 17.1. The standard InChI is InChI=1S/C66H44N4/c1-6-22-46(23-7-1)54-37-21-38-55(47-24-8-2-9-25-47)64(54)63-44-62(50-31-14-5-15-32-50)69-65(70-63)57-36-19-18-35-53(57)51-40-41-58(59(42-51)56-39-20-33-45-26-16-17-34-52(45)56)66-67-60(48-27-10-3-11-28-48)43-61(68-66)49-29-12-4-13-30-49/h1-44H. The van der Waals surface area contributed by atoms with Gasteiger partial charge in [-0.1, -0.05) is 243 Å². The van der Waals surface area contributed by atoms with Crippen LogP contribution in [-0.4, -0.2) is 19.9 Å². The number of fused-ring (bicyclic) bond motifs is 1. The zero-order valence-electron chi connectivity index (χ0n) is 38.2. The fourth-order valence-electron chi connectivity index (χ4n) is 9.60. The van der Waals surface area contributed by atoms with E-state index in [1.54, 1.807) is 0 Å². The van der Waals surface area contributed by atoms with Gasteiger partial charge < -0.3 is 0 Å². The fourth-order valence-corrected chi connectivity index (χ4v) is 9.60. The first-order valence-corrected chi connectivity index (χ1v) is 23.6. The summed E-state index contributed by atoms with van der Waals surface area (Å²) in [5, 5.41) is 2.30. The molecule has 2 aromatic heterocycles. The summed E-state index contributed by atoms with van der Waals surface area (Å²) in [6, 6.07) is 93.4. The van der Waals surface area contributed by atoms with Crippen LogP contribution in [0.25, 0.3) is 123 Å². The van der Waals surface area contributed by atoms with Gasteiger partial charge in [-0.15, -0.1) is 0 Å². The Morgan fingerprint density at radius 1 is 0.200 bits per heavy atom. The molecule has 0 unspecified atom stereocenters. The van der Waals surface area contributed by atoms with Crippen LogP contribution in [0.5, 0.6) is 0 Å². The molecule has 10 aromatic carbocycles. The largest absolute Gasteiger partial charge is 0.228 e. The van der Waals surface area contributed by atoms with Gasteiger partial charge in [0.1, 0.15) is 0 Å². The van der Waals surface area contributed by atoms with Crippen molar-refractivity contribution in [1.82, 2.24) is 19.9 Å². The van der Waals surface area contributed by atoms with E-state index in [0.717, 1.165) is 111 Å². The molecule has 0 atom stereocenters. The molecule has 70 heavy (non-hydrogen) atoms. The third-order valence-corrected chi connectivity index (χ3v) is 13.0. The van der Waals surface area contributed by atoms with Crippen LogP contribution < -0.4 is 0 Å². The highest BCUT2D eigenvalue weighted by atomic mass is 14.9. The van der Waals surface area contributed by atoms with Crippen LogP contribution in [0.3, 0.4) is 0 Å². The Bertz CT molecular complexity index is 3680. The van der Waals surface area contributed by atoms with Crippen LogP contribution in [0.4, 0.5) is 0 Å². The summed E-state index contributed by atoms with van der Waals surface area (Å²) in [4.78, 5) is 21.7. The van der Waals surface area contributed by atoms with Crippen molar-refractivity contribution < 1.29 is 0 Å². The lowest BCUT2D eigenvalue weighted by molar-refractivity contribution is 1.18. The van der Waals surface area contributed by atoms with Gasteiger partial charge in [0.25, 0.3) is 0 Å². The zero-order chi connectivity index (χ0) is 46.6. The lowest BCUT2D eigenvalue weighted by atomic mass is 9.89. The molecule has 0 saturated heterocycles. The Morgan fingerprint density at radius 2 is 0.571 bits per heavy atom. The van der Waals surface area contributed by atoms with Crippen molar-refractivity contribution in [3.8, 4) is 112 Å². The van der Waals surface area contributed by atoms with E-state index in [0.29, 0.717) is 11.6 Å². The second-order valence-electron chi connectivity index (χ2n) is 17.3. The van der Waals surface area contributed by atoms with Crippen molar-refractivity contribution in [2.24, 2.45) is 0 Å². The first-order valence-electron chi connectivity index (χ1n) is 23.6. The second kappa shape index (κ2) is 18.7. The molecule has 0 N–H and O–H groups in total. The summed E-state index contributed by atoms with van der Waals surface area (Å²) >= 11 is 0. The summed E-state index contributed by atoms with van der Waals surface area (Å²) in [5.41, 5.74) is 18.0. The minimum atomic E-state index is 0.635. The predicted molar refractivity (Wildman–Crippen MR) is 289 cm³/mol. The SMILES string of the molecule is c1ccc(-c2cc(-c3c(-c4ccccc4)cccc3-c3ccccc3)nc(-c3ccccc3-c3ccc(-c4nc(-c5ccccc5)cc(-c5ccccc5)n4)c(-c4cccc5ccccc45)c3)n2)cc1. The van der Waals surface area contributed by atoms with E-state index in [2.05, 4.69) is 249 Å². The fraction of sp³-hybridized carbons (Fsp3) is 0. The number of aromatic nitrogens is 4. The Morgan fingerprint density at radius 3 is 1.11 bits per heavy atom. The molecular formula is C66H44N4. The summed E-state index contributed by atoms with van der Waals surface area (Å²) in [6.45, 7) is 0. The zero-order valence-corrected chi connectivity index (χ0v) is 38.2. The quantitative estimate of drug-likeness (QED) is 0.137. The van der Waals surface area contributed by atoms with Gasteiger partial charge in [-0.3, -0.25) is 0 Å². The van der Waals surface area contributed by atoms with E-state index >= 15 is 0 Å². The average molecular weight is 893 g/mol. The number of hydrogen-bond acceptors (Lipinski definition) is 4. The van der Waals surface area contributed by atoms with Gasteiger partial charge in [0.15, 0.2) is 11.6 Å². The highest BCUT2D eigenvalue weighted by Gasteiger charge is 2.22. The molecule has 0 aliphatic rings. The maximum atomic E-state index is 5.59. The van der Waals surface area contributed by atoms with Gasteiger partial charge in [0.2, 0.25) is 0 Å². The van der Waals surface area contributed by atoms with Crippen LogP contribution in [0.1, 0.15) is 0 Å². The van der Waals surface area contributed by atoms with Gasteiger partial charge in [0.05, 0.1) is 22.8 Å². The summed E-state index contributed by atoms with van der Waals surface area (Å²) in [5.74, 6) is 1.29. The van der Waals surface area contributed by atoms with E-state index in [1.165, 1.54) is 0 Å². The summed E-state index contributed by atoms with van der Waals surface area (Å²) < 4.78 is 0. The molecule has 4 heteroatoms. The lowest BCUT2D eigenvalue weighted by Gasteiger charge is -2.19. The van der Waals surface area contributed by atoms with E-state index < -0.39 is 0 Å². The highest BCUT2D eigenvalue weighted by molar-refractivity contribution is 6.02. The second-order valence-corrected chi connectivity index (χ2v) is 17.3. The molecule has 2 heterocycles. The van der Waals surface area contributed by atoms with Crippen molar-refractivity contribution >= 4 is 10.8 Å². The summed E-state index contributed by atoms with van der Waals surface area (Å²) in [7, 11) is 0. The molecule has 0 radical (unpaired) electrons. The van der Waals surface area contributed by atoms with Crippen LogP contribution in [0, 0.1) is 0 Å². The average Bonchev–Trinajstić information content (AvgIpc) is 3.45. The molecule has 328 valence electrons. The van der Waals surface area contributed by atoms with Crippen molar-refractivity contribution in [3.05, 3.63) is 267 Å². The van der Waals surface area contributed by atoms with E-state index in [4.69, 9.17) is 19.9 Å². The van der Waals surface area contributed by atoms with Crippen molar-refractivity contribution in [2.75, 3.05) is 0 Å². The molecule has 0 fully saturated rings. The smallest absolute Gasteiger partial charge is 0.161 e. The minimum Gasteiger partial charge on any atom is -0.228 e. The van der Waals surface area contributed by atoms with Gasteiger partial charge in [-0.05, 0) is 79.5 Å². The van der Waals surface area contributed by atoms with Gasteiger partial charge in [-0.2, -0.15) is 0 Å². The summed E-state index contributed by atoms with van der Waals surface area (Å²) in [6.07, 6.45) is 0. The normalized spacial score (nSPS) is 11.1. The number of hydrogen-bond donors (Lipinski definition) is 0. The van der Waals surface area contributed by atoms with Gasteiger partial charge >= 0.3 is 0 Å². The third-order valence-electron chi connectivity index (χ3n) is 13.0. The van der Waals surface area contributed by atoms with Crippen molar-refractivity contribution in [3.63, 3.8) is 0 Å². The van der Waals surface area contributed by atoms with Gasteiger partial charge in [-0.25, -0.2) is 19.9 Å². The Kier molecular flexibility index (Phi) is 11.2. The Hall–Kier alpha value is -9.38. The topological polar surface area (TPSA) is 51.6 Å². The number of benzene rings is 10. The van der Waals surface area contributed by atoms with Crippen LogP contribution in [0.15, 0.2) is 267 Å². The first-order chi connectivity index (χ1) is 34.7. The molecule has 0 aliphatic heterocycles. The van der Waals surface area contributed by atoms with E-state index in [1.807, 2.05) is 18.2 Å². The van der Waals surface area contributed by atoms with Crippen molar-refractivity contribution in [1.29, 1.82) is 0 Å². The minimum absolute atomic E-state index is 0.635. The van der Waals surface area contributed by atoms with Crippen LogP contribution in [-0.2, 0) is 0 Å². The Balaban J connectivity index is 1.09. The maximum Gasteiger partial charge on any atom is 0.161 e. The Labute approximate surface area is 408 Å². The van der Waals surface area contributed by atoms with E-state index in [-0.39, 0.29) is 0 Å². The monoisotopic (exact) mass is 892 g/mol. The lowest BCUT2D eigenvalue weighted by Crippen LogP contribution is -2.00. The van der Waals surface area contributed by atoms with Crippen LogP contribution >= 0.6 is 0 Å². The van der Waals surface area contributed by atoms with Gasteiger partial charge in [0, 0.05) is 33.4 Å². The van der Waals surface area contributed by atoms with Crippen molar-refractivity contribution in [2.45, 2.75) is 0 Å². The molecule has 0 spiro atoms.